The fraction of sp³-hybridized carbons (Fsp3) is 0.353. The number of ether oxygens (including phenoxy) is 1. The van der Waals surface area contributed by atoms with Gasteiger partial charge in [0, 0.05) is 18.8 Å². The van der Waals surface area contributed by atoms with E-state index < -0.39 is 0 Å². The molecule has 6 heteroatoms. The monoisotopic (exact) mass is 314 g/mol. The van der Waals surface area contributed by atoms with E-state index in [0.29, 0.717) is 18.2 Å². The molecule has 1 amide bonds. The van der Waals surface area contributed by atoms with Gasteiger partial charge in [0.2, 0.25) is 5.95 Å². The average Bonchev–Trinajstić information content (AvgIpc) is 2.55. The standard InChI is InChI=1S/C17H22N4O2/c1-12(2)20-16(22)15-9-11-19-17(21-15)18-10-8-13-4-6-14(23-3)7-5-13/h4-7,9,11-12H,8,10H2,1-3H3,(H,20,22)(H,18,19,21). The Hall–Kier alpha value is -2.63. The quantitative estimate of drug-likeness (QED) is 0.820. The number of methoxy groups -OCH3 is 1. The normalized spacial score (nSPS) is 10.4. The first-order chi connectivity index (χ1) is 11.1. The van der Waals surface area contributed by atoms with Crippen molar-refractivity contribution in [3.8, 4) is 5.75 Å². The summed E-state index contributed by atoms with van der Waals surface area (Å²) in [5.41, 5.74) is 1.55. The van der Waals surface area contributed by atoms with Crippen molar-refractivity contribution in [3.05, 3.63) is 47.8 Å². The van der Waals surface area contributed by atoms with Crippen molar-refractivity contribution in [1.82, 2.24) is 15.3 Å². The van der Waals surface area contributed by atoms with Crippen LogP contribution in [-0.4, -0.2) is 35.6 Å². The smallest absolute Gasteiger partial charge is 0.270 e. The fourth-order valence-corrected chi connectivity index (χ4v) is 2.02. The molecule has 6 nitrogen and oxygen atoms in total. The van der Waals surface area contributed by atoms with Gasteiger partial charge in [-0.1, -0.05) is 12.1 Å². The molecule has 23 heavy (non-hydrogen) atoms. The van der Waals surface area contributed by atoms with Crippen LogP contribution in [0.1, 0.15) is 29.9 Å². The van der Waals surface area contributed by atoms with Gasteiger partial charge >= 0.3 is 0 Å². The zero-order valence-corrected chi connectivity index (χ0v) is 13.7. The molecule has 1 aromatic heterocycles. The molecule has 0 aliphatic rings. The molecule has 0 unspecified atom stereocenters. The van der Waals surface area contributed by atoms with Gasteiger partial charge in [-0.25, -0.2) is 9.97 Å². The third-order valence-electron chi connectivity index (χ3n) is 3.16. The molecule has 0 aliphatic heterocycles. The molecule has 2 N–H and O–H groups in total. The lowest BCUT2D eigenvalue weighted by Gasteiger charge is -2.09. The van der Waals surface area contributed by atoms with Crippen LogP contribution in [0.5, 0.6) is 5.75 Å². The first kappa shape index (κ1) is 16.7. The number of nitrogens with one attached hydrogen (secondary N) is 2. The van der Waals surface area contributed by atoms with Crippen LogP contribution < -0.4 is 15.4 Å². The fourth-order valence-electron chi connectivity index (χ4n) is 2.02. The van der Waals surface area contributed by atoms with Crippen molar-refractivity contribution in [3.63, 3.8) is 0 Å². The lowest BCUT2D eigenvalue weighted by Crippen LogP contribution is -2.31. The summed E-state index contributed by atoms with van der Waals surface area (Å²) in [5.74, 6) is 1.10. The minimum absolute atomic E-state index is 0.0731. The van der Waals surface area contributed by atoms with Crippen molar-refractivity contribution < 1.29 is 9.53 Å². The minimum Gasteiger partial charge on any atom is -0.497 e. The van der Waals surface area contributed by atoms with E-state index in [0.717, 1.165) is 12.2 Å². The van der Waals surface area contributed by atoms with Crippen molar-refractivity contribution in [2.24, 2.45) is 0 Å². The maximum absolute atomic E-state index is 11.9. The topological polar surface area (TPSA) is 76.1 Å². The molecule has 0 atom stereocenters. The van der Waals surface area contributed by atoms with Gasteiger partial charge in [0.1, 0.15) is 11.4 Å². The van der Waals surface area contributed by atoms with Gasteiger partial charge < -0.3 is 15.4 Å². The van der Waals surface area contributed by atoms with Gasteiger partial charge in [-0.05, 0) is 44.0 Å². The van der Waals surface area contributed by atoms with E-state index in [2.05, 4.69) is 20.6 Å². The minimum atomic E-state index is -0.194. The predicted molar refractivity (Wildman–Crippen MR) is 89.8 cm³/mol. The van der Waals surface area contributed by atoms with Crippen molar-refractivity contribution >= 4 is 11.9 Å². The zero-order valence-electron chi connectivity index (χ0n) is 13.7. The summed E-state index contributed by atoms with van der Waals surface area (Å²) in [5, 5.41) is 5.95. The summed E-state index contributed by atoms with van der Waals surface area (Å²) in [7, 11) is 1.65. The third-order valence-corrected chi connectivity index (χ3v) is 3.16. The van der Waals surface area contributed by atoms with Crippen LogP contribution in [0.4, 0.5) is 5.95 Å². The molecular formula is C17H22N4O2. The van der Waals surface area contributed by atoms with Gasteiger partial charge in [-0.3, -0.25) is 4.79 Å². The average molecular weight is 314 g/mol. The number of hydrogen-bond donors (Lipinski definition) is 2. The molecule has 2 rings (SSSR count). The lowest BCUT2D eigenvalue weighted by atomic mass is 10.1. The number of anilines is 1. The van der Waals surface area contributed by atoms with Gasteiger partial charge in [0.05, 0.1) is 7.11 Å². The van der Waals surface area contributed by atoms with E-state index in [1.54, 1.807) is 19.4 Å². The highest BCUT2D eigenvalue weighted by Gasteiger charge is 2.09. The second-order valence-electron chi connectivity index (χ2n) is 5.42. The molecule has 0 fully saturated rings. The second-order valence-corrected chi connectivity index (χ2v) is 5.42. The van der Waals surface area contributed by atoms with E-state index in [-0.39, 0.29) is 11.9 Å². The number of benzene rings is 1. The Kier molecular flexibility index (Phi) is 5.91. The lowest BCUT2D eigenvalue weighted by molar-refractivity contribution is 0.0938. The predicted octanol–water partition coefficient (Wildman–Crippen LogP) is 2.28. The Morgan fingerprint density at radius 2 is 1.96 bits per heavy atom. The highest BCUT2D eigenvalue weighted by molar-refractivity contribution is 5.92. The molecule has 1 aromatic carbocycles. The second kappa shape index (κ2) is 8.12. The molecule has 0 saturated carbocycles. The summed E-state index contributed by atoms with van der Waals surface area (Å²) in [6, 6.07) is 9.59. The van der Waals surface area contributed by atoms with Crippen LogP contribution in [0.3, 0.4) is 0 Å². The Morgan fingerprint density at radius 3 is 2.61 bits per heavy atom. The molecule has 0 spiro atoms. The zero-order chi connectivity index (χ0) is 16.7. The van der Waals surface area contributed by atoms with Crippen molar-refractivity contribution in [2.45, 2.75) is 26.3 Å². The van der Waals surface area contributed by atoms with E-state index >= 15 is 0 Å². The summed E-state index contributed by atoms with van der Waals surface area (Å²) in [4.78, 5) is 20.3. The maximum Gasteiger partial charge on any atom is 0.270 e. The number of carbonyl (C=O) groups is 1. The summed E-state index contributed by atoms with van der Waals surface area (Å²) >= 11 is 0. The van der Waals surface area contributed by atoms with E-state index in [9.17, 15) is 4.79 Å². The maximum atomic E-state index is 11.9. The summed E-state index contributed by atoms with van der Waals surface area (Å²) in [6.07, 6.45) is 2.41. The molecular weight excluding hydrogens is 292 g/mol. The molecule has 1 heterocycles. The van der Waals surface area contributed by atoms with Crippen molar-refractivity contribution in [1.29, 1.82) is 0 Å². The van der Waals surface area contributed by atoms with Crippen LogP contribution >= 0.6 is 0 Å². The van der Waals surface area contributed by atoms with Crippen LogP contribution in [0, 0.1) is 0 Å². The Balaban J connectivity index is 1.89. The van der Waals surface area contributed by atoms with E-state index in [1.165, 1.54) is 5.56 Å². The Morgan fingerprint density at radius 1 is 1.22 bits per heavy atom. The molecule has 122 valence electrons. The molecule has 0 aliphatic carbocycles. The van der Waals surface area contributed by atoms with E-state index in [1.807, 2.05) is 38.1 Å². The van der Waals surface area contributed by atoms with Gasteiger partial charge in [-0.15, -0.1) is 0 Å². The highest BCUT2D eigenvalue weighted by atomic mass is 16.5. The molecule has 2 aromatic rings. The Labute approximate surface area is 136 Å². The molecule has 0 bridgehead atoms. The summed E-state index contributed by atoms with van der Waals surface area (Å²) in [6.45, 7) is 4.50. The van der Waals surface area contributed by atoms with Gasteiger partial charge in [0.15, 0.2) is 0 Å². The Bertz CT molecular complexity index is 641. The number of nitrogens with zero attached hydrogens (tertiary/aromatic N) is 2. The number of aromatic nitrogens is 2. The first-order valence-electron chi connectivity index (χ1n) is 7.59. The molecule has 0 saturated heterocycles. The third kappa shape index (κ3) is 5.25. The SMILES string of the molecule is COc1ccc(CCNc2nccc(C(=O)NC(C)C)n2)cc1. The largest absolute Gasteiger partial charge is 0.497 e. The highest BCUT2D eigenvalue weighted by Crippen LogP contribution is 2.11. The van der Waals surface area contributed by atoms with Gasteiger partial charge in [0.25, 0.3) is 5.91 Å². The van der Waals surface area contributed by atoms with Crippen LogP contribution in [0.15, 0.2) is 36.5 Å². The van der Waals surface area contributed by atoms with Crippen LogP contribution in [0.2, 0.25) is 0 Å². The number of rotatable bonds is 7. The van der Waals surface area contributed by atoms with Crippen LogP contribution in [0.25, 0.3) is 0 Å². The number of hydrogen-bond acceptors (Lipinski definition) is 5. The molecule has 0 radical (unpaired) electrons. The van der Waals surface area contributed by atoms with Crippen molar-refractivity contribution in [2.75, 3.05) is 19.0 Å². The number of amides is 1. The first-order valence-corrected chi connectivity index (χ1v) is 7.59. The van der Waals surface area contributed by atoms with E-state index in [4.69, 9.17) is 4.74 Å². The van der Waals surface area contributed by atoms with Gasteiger partial charge in [-0.2, -0.15) is 0 Å². The summed E-state index contributed by atoms with van der Waals surface area (Å²) < 4.78 is 5.13. The number of carbonyl (C=O) groups excluding carboxylic acids is 1. The van der Waals surface area contributed by atoms with Crippen LogP contribution in [-0.2, 0) is 6.42 Å².